The van der Waals surface area contributed by atoms with Crippen LogP contribution in [0, 0.1) is 0 Å². The maximum absolute atomic E-state index is 12.5. The number of carbonyl (C=O) groups is 1. The van der Waals surface area contributed by atoms with Gasteiger partial charge in [-0.15, -0.1) is 11.8 Å². The molecule has 0 radical (unpaired) electrons. The predicted molar refractivity (Wildman–Crippen MR) is 122 cm³/mol. The smallest absolute Gasteiger partial charge is 0.275 e. The number of nitrogens with one attached hydrogen (secondary N) is 1. The molecule has 4 rings (SSSR count). The number of amides is 1. The van der Waals surface area contributed by atoms with Gasteiger partial charge in [0.15, 0.2) is 0 Å². The molecule has 0 aliphatic carbocycles. The van der Waals surface area contributed by atoms with E-state index in [-0.39, 0.29) is 17.4 Å². The number of fused-ring (bicyclic) bond motifs is 1. The van der Waals surface area contributed by atoms with E-state index in [0.29, 0.717) is 22.0 Å². The van der Waals surface area contributed by atoms with Crippen LogP contribution in [0.3, 0.4) is 0 Å². The minimum Gasteiger partial charge on any atom is -0.321 e. The summed E-state index contributed by atoms with van der Waals surface area (Å²) in [7, 11) is 0. The molecule has 0 atom stereocenters. The summed E-state index contributed by atoms with van der Waals surface area (Å²) in [6.45, 7) is 4.08. The number of thioether (sulfide) groups is 1. The number of rotatable bonds is 6. The second-order valence-electron chi connectivity index (χ2n) is 6.98. The Morgan fingerprint density at radius 2 is 1.87 bits per heavy atom. The Morgan fingerprint density at radius 1 is 1.13 bits per heavy atom. The van der Waals surface area contributed by atoms with E-state index in [2.05, 4.69) is 15.4 Å². The minimum atomic E-state index is -0.176. The molecule has 0 aliphatic heterocycles. The highest BCUT2D eigenvalue weighted by molar-refractivity contribution is 7.98. The predicted octanol–water partition coefficient (Wildman–Crippen LogP) is 4.82. The van der Waals surface area contributed by atoms with Crippen molar-refractivity contribution in [2.24, 2.45) is 0 Å². The molecule has 2 heterocycles. The quantitative estimate of drug-likeness (QED) is 0.439. The molecule has 0 bridgehead atoms. The van der Waals surface area contributed by atoms with Gasteiger partial charge in [0.05, 0.1) is 11.4 Å². The molecule has 2 aromatic heterocycles. The lowest BCUT2D eigenvalue weighted by Crippen LogP contribution is -2.15. The third-order valence-corrected chi connectivity index (χ3v) is 6.67. The van der Waals surface area contributed by atoms with Gasteiger partial charge in [-0.2, -0.15) is 9.61 Å². The van der Waals surface area contributed by atoms with E-state index in [0.717, 1.165) is 15.6 Å². The average Bonchev–Trinajstić information content (AvgIpc) is 3.19. The first kappa shape index (κ1) is 20.3. The van der Waals surface area contributed by atoms with Crippen LogP contribution in [0.15, 0.2) is 70.4 Å². The maximum atomic E-state index is 12.5. The molecule has 4 aromatic rings. The van der Waals surface area contributed by atoms with Gasteiger partial charge >= 0.3 is 0 Å². The molecule has 6 nitrogen and oxygen atoms in total. The number of hydrogen-bond acceptors (Lipinski definition) is 6. The Kier molecular flexibility index (Phi) is 5.96. The molecule has 1 N–H and O–H groups in total. The normalized spacial score (nSPS) is 11.2. The lowest BCUT2D eigenvalue weighted by Gasteiger charge is -2.10. The van der Waals surface area contributed by atoms with Crippen LogP contribution in [0.5, 0.6) is 0 Å². The van der Waals surface area contributed by atoms with Gasteiger partial charge in [0.25, 0.3) is 11.5 Å². The summed E-state index contributed by atoms with van der Waals surface area (Å²) in [5, 5.41) is 8.21. The average molecular weight is 437 g/mol. The fourth-order valence-electron chi connectivity index (χ4n) is 2.81. The molecule has 0 spiro atoms. The highest BCUT2D eigenvalue weighted by atomic mass is 32.2. The molecule has 0 unspecified atom stereocenters. The number of benzene rings is 2. The van der Waals surface area contributed by atoms with Crippen molar-refractivity contribution in [2.45, 2.75) is 30.4 Å². The van der Waals surface area contributed by atoms with Crippen molar-refractivity contribution in [1.29, 1.82) is 0 Å². The number of hydrogen-bond donors (Lipinski definition) is 1. The molecule has 0 saturated heterocycles. The lowest BCUT2D eigenvalue weighted by atomic mass is 10.2. The van der Waals surface area contributed by atoms with Crippen LogP contribution in [-0.4, -0.2) is 20.5 Å². The Bertz CT molecular complexity index is 1250. The molecule has 0 aliphatic rings. The molecular weight excluding hydrogens is 416 g/mol. The third kappa shape index (κ3) is 4.44. The SMILES string of the molecule is CC(C)c1nn2c(=O)cc(CSc3ccccc3NC(=O)c3ccccc3)nc2s1. The molecule has 152 valence electrons. The van der Waals surface area contributed by atoms with Crippen molar-refractivity contribution >= 4 is 39.7 Å². The second kappa shape index (κ2) is 8.81. The highest BCUT2D eigenvalue weighted by Gasteiger charge is 2.13. The van der Waals surface area contributed by atoms with Gasteiger partial charge in [0, 0.05) is 28.2 Å². The first-order valence-corrected chi connectivity index (χ1v) is 11.3. The second-order valence-corrected chi connectivity index (χ2v) is 8.98. The maximum Gasteiger partial charge on any atom is 0.275 e. The molecule has 1 amide bonds. The van der Waals surface area contributed by atoms with Gasteiger partial charge in [0.1, 0.15) is 5.01 Å². The monoisotopic (exact) mass is 436 g/mol. The van der Waals surface area contributed by atoms with Crippen molar-refractivity contribution in [2.75, 3.05) is 5.32 Å². The summed E-state index contributed by atoms with van der Waals surface area (Å²) in [4.78, 5) is 31.0. The van der Waals surface area contributed by atoms with E-state index < -0.39 is 0 Å². The van der Waals surface area contributed by atoms with Crippen molar-refractivity contribution in [3.8, 4) is 0 Å². The van der Waals surface area contributed by atoms with Gasteiger partial charge in [-0.25, -0.2) is 4.98 Å². The van der Waals surface area contributed by atoms with Crippen molar-refractivity contribution in [3.63, 3.8) is 0 Å². The molecule has 0 fully saturated rings. The zero-order valence-corrected chi connectivity index (χ0v) is 18.2. The van der Waals surface area contributed by atoms with Gasteiger partial charge in [-0.1, -0.05) is 55.5 Å². The molecule has 8 heteroatoms. The van der Waals surface area contributed by atoms with Crippen LogP contribution < -0.4 is 10.9 Å². The van der Waals surface area contributed by atoms with Gasteiger partial charge in [-0.3, -0.25) is 9.59 Å². The number of carbonyl (C=O) groups excluding carboxylic acids is 1. The zero-order valence-electron chi connectivity index (χ0n) is 16.5. The van der Waals surface area contributed by atoms with Crippen LogP contribution >= 0.6 is 23.1 Å². The highest BCUT2D eigenvalue weighted by Crippen LogP contribution is 2.30. The first-order valence-electron chi connectivity index (χ1n) is 9.49. The van der Waals surface area contributed by atoms with E-state index in [4.69, 9.17) is 0 Å². The van der Waals surface area contributed by atoms with Crippen molar-refractivity contribution < 1.29 is 4.79 Å². The zero-order chi connectivity index (χ0) is 21.1. The standard InChI is InChI=1S/C22H20N4O2S2/c1-14(2)21-25-26-19(27)12-16(23-22(26)30-21)13-29-18-11-7-6-10-17(18)24-20(28)15-8-4-3-5-9-15/h3-12,14H,13H2,1-2H3,(H,24,28). The molecule has 0 saturated carbocycles. The number of para-hydroxylation sites is 1. The lowest BCUT2D eigenvalue weighted by molar-refractivity contribution is 0.102. The number of aromatic nitrogens is 3. The molecular formula is C22H20N4O2S2. The molecule has 2 aromatic carbocycles. The van der Waals surface area contributed by atoms with E-state index >= 15 is 0 Å². The number of nitrogens with zero attached hydrogens (tertiary/aromatic N) is 3. The van der Waals surface area contributed by atoms with Crippen LogP contribution in [0.1, 0.15) is 40.8 Å². The summed E-state index contributed by atoms with van der Waals surface area (Å²) < 4.78 is 1.36. The van der Waals surface area contributed by atoms with Crippen molar-refractivity contribution in [1.82, 2.24) is 14.6 Å². The summed E-state index contributed by atoms with van der Waals surface area (Å²) >= 11 is 2.97. The Morgan fingerprint density at radius 3 is 2.63 bits per heavy atom. The van der Waals surface area contributed by atoms with Crippen molar-refractivity contribution in [3.05, 3.63) is 87.3 Å². The summed E-state index contributed by atoms with van der Waals surface area (Å²) in [5.41, 5.74) is 1.84. The fraction of sp³-hybridized carbons (Fsp3) is 0.182. The Labute approximate surface area is 182 Å². The van der Waals surface area contributed by atoms with E-state index in [1.807, 2.05) is 56.3 Å². The van der Waals surface area contributed by atoms with Crippen LogP contribution in [0.2, 0.25) is 0 Å². The fourth-order valence-corrected chi connectivity index (χ4v) is 4.64. The third-order valence-electron chi connectivity index (χ3n) is 4.35. The van der Waals surface area contributed by atoms with Crippen LogP contribution in [0.25, 0.3) is 4.96 Å². The van der Waals surface area contributed by atoms with E-state index in [1.165, 1.54) is 33.7 Å². The molecule has 30 heavy (non-hydrogen) atoms. The summed E-state index contributed by atoms with van der Waals surface area (Å²) in [6.07, 6.45) is 0. The van der Waals surface area contributed by atoms with Gasteiger partial charge in [-0.05, 0) is 24.3 Å². The number of anilines is 1. The summed E-state index contributed by atoms with van der Waals surface area (Å²) in [5.74, 6) is 0.597. The largest absolute Gasteiger partial charge is 0.321 e. The van der Waals surface area contributed by atoms with E-state index in [9.17, 15) is 9.59 Å². The topological polar surface area (TPSA) is 76.4 Å². The van der Waals surface area contributed by atoms with Gasteiger partial charge in [0.2, 0.25) is 4.96 Å². The minimum absolute atomic E-state index is 0.160. The summed E-state index contributed by atoms with van der Waals surface area (Å²) in [6, 6.07) is 18.2. The Balaban J connectivity index is 1.53. The first-order chi connectivity index (χ1) is 14.5. The van der Waals surface area contributed by atoms with Crippen LogP contribution in [-0.2, 0) is 5.75 Å². The van der Waals surface area contributed by atoms with Crippen LogP contribution in [0.4, 0.5) is 5.69 Å². The van der Waals surface area contributed by atoms with E-state index in [1.54, 1.807) is 12.1 Å². The Hall–Kier alpha value is -2.97. The van der Waals surface area contributed by atoms with Gasteiger partial charge < -0.3 is 5.32 Å².